The lowest BCUT2D eigenvalue weighted by atomic mass is 10.0. The minimum Gasteiger partial charge on any atom is -0.486 e. The molecular formula is C15H22N2O2. The smallest absolute Gasteiger partial charge is 0.176 e. The third-order valence-corrected chi connectivity index (χ3v) is 3.61. The highest BCUT2D eigenvalue weighted by molar-refractivity contribution is 5.98. The monoisotopic (exact) mass is 262 g/mol. The third kappa shape index (κ3) is 2.73. The zero-order chi connectivity index (χ0) is 14.0. The number of fused-ring (bicyclic) bond motifs is 1. The number of nitrogens with zero attached hydrogens (tertiary/aromatic N) is 1. The highest BCUT2D eigenvalue weighted by Gasteiger charge is 2.27. The van der Waals surface area contributed by atoms with Crippen LogP contribution in [0.4, 0.5) is 5.69 Å². The van der Waals surface area contributed by atoms with E-state index in [4.69, 9.17) is 10.5 Å². The molecule has 1 aliphatic rings. The summed E-state index contributed by atoms with van der Waals surface area (Å²) < 4.78 is 6.01. The normalized spacial score (nSPS) is 18.2. The molecule has 1 aromatic carbocycles. The molecular weight excluding hydrogens is 240 g/mol. The van der Waals surface area contributed by atoms with E-state index in [0.29, 0.717) is 11.5 Å². The molecule has 104 valence electrons. The van der Waals surface area contributed by atoms with Crippen LogP contribution in [0.3, 0.4) is 0 Å². The van der Waals surface area contributed by atoms with Crippen molar-refractivity contribution in [1.29, 1.82) is 0 Å². The predicted molar refractivity (Wildman–Crippen MR) is 77.0 cm³/mol. The van der Waals surface area contributed by atoms with Crippen molar-refractivity contribution in [2.24, 2.45) is 11.7 Å². The summed E-state index contributed by atoms with van der Waals surface area (Å²) in [6.07, 6.45) is 0.198. The summed E-state index contributed by atoms with van der Waals surface area (Å²) in [5.41, 5.74) is 7.07. The minimum absolute atomic E-state index is 0.0372. The van der Waals surface area contributed by atoms with Crippen molar-refractivity contribution < 1.29 is 9.53 Å². The number of likely N-dealkylation sites (N-methyl/N-ethyl adjacent to an activating group) is 1. The average molecular weight is 262 g/mol. The lowest BCUT2D eigenvalue weighted by Crippen LogP contribution is -2.42. The molecule has 0 spiro atoms. The van der Waals surface area contributed by atoms with Crippen LogP contribution < -0.4 is 15.4 Å². The lowest BCUT2D eigenvalue weighted by Gasteiger charge is -2.37. The van der Waals surface area contributed by atoms with Crippen molar-refractivity contribution in [3.8, 4) is 5.75 Å². The van der Waals surface area contributed by atoms with Crippen LogP contribution in [0.2, 0.25) is 0 Å². The van der Waals surface area contributed by atoms with Gasteiger partial charge >= 0.3 is 0 Å². The van der Waals surface area contributed by atoms with Gasteiger partial charge in [0, 0.05) is 12.1 Å². The molecule has 0 bridgehead atoms. The molecule has 0 aliphatic carbocycles. The fraction of sp³-hybridized carbons (Fsp3) is 0.533. The second-order valence-electron chi connectivity index (χ2n) is 5.25. The van der Waals surface area contributed by atoms with Crippen LogP contribution in [0.5, 0.6) is 5.75 Å². The molecule has 0 radical (unpaired) electrons. The maximum atomic E-state index is 11.7. The summed E-state index contributed by atoms with van der Waals surface area (Å²) in [7, 11) is 0. The molecule has 1 heterocycles. The number of ether oxygens (including phenoxy) is 1. The number of carbonyl (C=O) groups excluding carboxylic acids is 1. The first-order chi connectivity index (χ1) is 9.06. The molecule has 0 fully saturated rings. The van der Waals surface area contributed by atoms with Crippen LogP contribution in [0.1, 0.15) is 31.1 Å². The number of nitrogens with two attached hydrogens (primary N) is 1. The number of carbonyl (C=O) groups is 1. The second-order valence-corrected chi connectivity index (χ2v) is 5.25. The Hall–Kier alpha value is -1.55. The first-order valence-corrected chi connectivity index (χ1v) is 6.85. The van der Waals surface area contributed by atoms with Gasteiger partial charge < -0.3 is 15.4 Å². The number of benzene rings is 1. The molecule has 19 heavy (non-hydrogen) atoms. The maximum Gasteiger partial charge on any atom is 0.176 e. The molecule has 0 saturated carbocycles. The average Bonchev–Trinajstić information content (AvgIpc) is 2.44. The molecule has 2 N–H and O–H groups in total. The summed E-state index contributed by atoms with van der Waals surface area (Å²) in [4.78, 5) is 13.9. The third-order valence-electron chi connectivity index (χ3n) is 3.61. The van der Waals surface area contributed by atoms with Gasteiger partial charge in [0.1, 0.15) is 11.9 Å². The standard InChI is InChI=1S/C15H22N2O2/c1-4-17-9-15(10(2)3)19-14-6-5-11(7-12(14)17)13(18)8-16/h5-7,10,15H,4,8-9,16H2,1-3H3. The molecule has 1 aliphatic heterocycles. The summed E-state index contributed by atoms with van der Waals surface area (Å²) in [5, 5.41) is 0. The Morgan fingerprint density at radius 1 is 1.53 bits per heavy atom. The van der Waals surface area contributed by atoms with Crippen LogP contribution in [0, 0.1) is 5.92 Å². The first kappa shape index (κ1) is 13.9. The van der Waals surface area contributed by atoms with E-state index in [9.17, 15) is 4.79 Å². The van der Waals surface area contributed by atoms with Gasteiger partial charge in [-0.25, -0.2) is 0 Å². The van der Waals surface area contributed by atoms with E-state index in [1.54, 1.807) is 6.07 Å². The summed E-state index contributed by atoms with van der Waals surface area (Å²) >= 11 is 0. The molecule has 1 atom stereocenters. The van der Waals surface area contributed by atoms with Gasteiger partial charge in [0.2, 0.25) is 0 Å². The number of rotatable bonds is 4. The Labute approximate surface area is 114 Å². The van der Waals surface area contributed by atoms with Gasteiger partial charge in [0.25, 0.3) is 0 Å². The maximum absolute atomic E-state index is 11.7. The van der Waals surface area contributed by atoms with E-state index in [1.165, 1.54) is 0 Å². The van der Waals surface area contributed by atoms with Gasteiger partial charge in [-0.15, -0.1) is 0 Å². The molecule has 4 heteroatoms. The van der Waals surface area contributed by atoms with Gasteiger partial charge in [-0.1, -0.05) is 13.8 Å². The zero-order valence-electron chi connectivity index (χ0n) is 11.8. The summed E-state index contributed by atoms with van der Waals surface area (Å²) in [6, 6.07) is 5.57. The van der Waals surface area contributed by atoms with Gasteiger partial charge in [0.05, 0.1) is 18.8 Å². The van der Waals surface area contributed by atoms with Crippen LogP contribution >= 0.6 is 0 Å². The highest BCUT2D eigenvalue weighted by atomic mass is 16.5. The Morgan fingerprint density at radius 2 is 2.26 bits per heavy atom. The van der Waals surface area contributed by atoms with Crippen LogP contribution in [-0.2, 0) is 0 Å². The van der Waals surface area contributed by atoms with Gasteiger partial charge in [-0.05, 0) is 31.0 Å². The van der Waals surface area contributed by atoms with Crippen molar-refractivity contribution in [3.63, 3.8) is 0 Å². The summed E-state index contributed by atoms with van der Waals surface area (Å²) in [5.74, 6) is 1.29. The second kappa shape index (κ2) is 5.61. The Bertz CT molecular complexity index is 471. The molecule has 0 saturated heterocycles. The topological polar surface area (TPSA) is 55.6 Å². The Kier molecular flexibility index (Phi) is 4.10. The van der Waals surface area contributed by atoms with Crippen molar-refractivity contribution in [1.82, 2.24) is 0 Å². The number of hydrogen-bond donors (Lipinski definition) is 1. The van der Waals surface area contributed by atoms with Crippen LogP contribution in [0.15, 0.2) is 18.2 Å². The fourth-order valence-electron chi connectivity index (χ4n) is 2.32. The Balaban J connectivity index is 2.35. The van der Waals surface area contributed by atoms with E-state index in [1.807, 2.05) is 12.1 Å². The van der Waals surface area contributed by atoms with Crippen LogP contribution in [-0.4, -0.2) is 31.5 Å². The minimum atomic E-state index is -0.0372. The van der Waals surface area contributed by atoms with Crippen LogP contribution in [0.25, 0.3) is 0 Å². The first-order valence-electron chi connectivity index (χ1n) is 6.85. The Morgan fingerprint density at radius 3 is 2.84 bits per heavy atom. The van der Waals surface area contributed by atoms with Crippen molar-refractivity contribution >= 4 is 11.5 Å². The van der Waals surface area contributed by atoms with Gasteiger partial charge in [-0.3, -0.25) is 4.79 Å². The number of hydrogen-bond acceptors (Lipinski definition) is 4. The largest absolute Gasteiger partial charge is 0.486 e. The molecule has 0 amide bonds. The predicted octanol–water partition coefficient (Wildman–Crippen LogP) is 2.07. The van der Waals surface area contributed by atoms with Crippen molar-refractivity contribution in [2.75, 3.05) is 24.5 Å². The molecule has 1 unspecified atom stereocenters. The molecule has 0 aromatic heterocycles. The quantitative estimate of drug-likeness (QED) is 0.844. The molecule has 2 rings (SSSR count). The molecule has 1 aromatic rings. The summed E-state index contributed by atoms with van der Waals surface area (Å²) in [6.45, 7) is 8.25. The lowest BCUT2D eigenvalue weighted by molar-refractivity contribution is 0.100. The van der Waals surface area contributed by atoms with Gasteiger partial charge in [0.15, 0.2) is 5.78 Å². The highest BCUT2D eigenvalue weighted by Crippen LogP contribution is 2.35. The van der Waals surface area contributed by atoms with Crippen molar-refractivity contribution in [3.05, 3.63) is 23.8 Å². The van der Waals surface area contributed by atoms with E-state index < -0.39 is 0 Å². The number of anilines is 1. The van der Waals surface area contributed by atoms with Gasteiger partial charge in [-0.2, -0.15) is 0 Å². The van der Waals surface area contributed by atoms with E-state index in [0.717, 1.165) is 24.5 Å². The fourth-order valence-corrected chi connectivity index (χ4v) is 2.32. The van der Waals surface area contributed by atoms with Crippen molar-refractivity contribution in [2.45, 2.75) is 26.9 Å². The van der Waals surface area contributed by atoms with E-state index in [-0.39, 0.29) is 18.4 Å². The SMILES string of the molecule is CCN1CC(C(C)C)Oc2ccc(C(=O)CN)cc21. The molecule has 4 nitrogen and oxygen atoms in total. The number of Topliss-reactive ketones (excluding diaryl/α,β-unsaturated/α-hetero) is 1. The van der Waals surface area contributed by atoms with E-state index in [2.05, 4.69) is 25.7 Å². The van der Waals surface area contributed by atoms with E-state index >= 15 is 0 Å². The zero-order valence-corrected chi connectivity index (χ0v) is 11.8. The number of ketones is 1.